The van der Waals surface area contributed by atoms with E-state index < -0.39 is 0 Å². The molecule has 1 aromatic heterocycles. The van der Waals surface area contributed by atoms with E-state index in [1.807, 2.05) is 49.4 Å². The van der Waals surface area contributed by atoms with Crippen LogP contribution in [-0.2, 0) is 6.42 Å². The molecule has 1 aromatic carbocycles. The van der Waals surface area contributed by atoms with Crippen LogP contribution in [0.5, 0.6) is 5.75 Å². The minimum atomic E-state index is 0.625. The Morgan fingerprint density at radius 2 is 1.88 bits per heavy atom. The number of anilines is 1. The Morgan fingerprint density at radius 3 is 2.59 bits per heavy atom. The molecule has 0 saturated carbocycles. The van der Waals surface area contributed by atoms with Crippen molar-refractivity contribution in [3.63, 3.8) is 0 Å². The molecule has 0 unspecified atom stereocenters. The predicted octanol–water partition coefficient (Wildman–Crippen LogP) is 2.59. The van der Waals surface area contributed by atoms with Crippen LogP contribution in [0.15, 0.2) is 42.5 Å². The predicted molar refractivity (Wildman–Crippen MR) is 69.0 cm³/mol. The molecule has 0 amide bonds. The molecule has 0 aliphatic carbocycles. The number of nitrogen functional groups attached to an aromatic ring is 1. The SMILES string of the molecule is Cc1cccc(CCOc2ccc(N)cc2)n1. The second-order valence-electron chi connectivity index (χ2n) is 3.94. The first kappa shape index (κ1) is 11.5. The van der Waals surface area contributed by atoms with Gasteiger partial charge in [-0.05, 0) is 43.3 Å². The lowest BCUT2D eigenvalue weighted by atomic mass is 10.2. The number of aromatic nitrogens is 1. The zero-order chi connectivity index (χ0) is 12.1. The van der Waals surface area contributed by atoms with Crippen LogP contribution in [0.2, 0.25) is 0 Å². The average Bonchev–Trinajstić information content (AvgIpc) is 2.32. The maximum Gasteiger partial charge on any atom is 0.119 e. The molecule has 0 bridgehead atoms. The standard InChI is InChI=1S/C14H16N2O/c1-11-3-2-4-13(16-11)9-10-17-14-7-5-12(15)6-8-14/h2-8H,9-10,15H2,1H3. The number of hydrogen-bond acceptors (Lipinski definition) is 3. The van der Waals surface area contributed by atoms with Crippen LogP contribution >= 0.6 is 0 Å². The topological polar surface area (TPSA) is 48.1 Å². The molecule has 0 radical (unpaired) electrons. The molecule has 2 N–H and O–H groups in total. The monoisotopic (exact) mass is 228 g/mol. The highest BCUT2D eigenvalue weighted by Gasteiger charge is 1.97. The number of benzene rings is 1. The number of aryl methyl sites for hydroxylation is 1. The van der Waals surface area contributed by atoms with Gasteiger partial charge in [-0.25, -0.2) is 0 Å². The molecular weight excluding hydrogens is 212 g/mol. The van der Waals surface area contributed by atoms with Gasteiger partial charge in [0.2, 0.25) is 0 Å². The van der Waals surface area contributed by atoms with Gasteiger partial charge in [-0.2, -0.15) is 0 Å². The average molecular weight is 228 g/mol. The third kappa shape index (κ3) is 3.48. The lowest BCUT2D eigenvalue weighted by Crippen LogP contribution is -2.03. The van der Waals surface area contributed by atoms with Crippen LogP contribution in [0.4, 0.5) is 5.69 Å². The number of rotatable bonds is 4. The van der Waals surface area contributed by atoms with E-state index in [0.29, 0.717) is 6.61 Å². The Morgan fingerprint density at radius 1 is 1.12 bits per heavy atom. The molecule has 3 heteroatoms. The third-order valence-electron chi connectivity index (χ3n) is 2.45. The molecule has 1 heterocycles. The van der Waals surface area contributed by atoms with Crippen molar-refractivity contribution in [2.75, 3.05) is 12.3 Å². The summed E-state index contributed by atoms with van der Waals surface area (Å²) in [5.41, 5.74) is 8.44. The van der Waals surface area contributed by atoms with Crippen LogP contribution in [-0.4, -0.2) is 11.6 Å². The summed E-state index contributed by atoms with van der Waals surface area (Å²) in [6.45, 7) is 2.62. The molecule has 0 spiro atoms. The van der Waals surface area contributed by atoms with Crippen LogP contribution < -0.4 is 10.5 Å². The van der Waals surface area contributed by atoms with Gasteiger partial charge in [-0.15, -0.1) is 0 Å². The first-order valence-corrected chi connectivity index (χ1v) is 5.65. The minimum absolute atomic E-state index is 0.625. The maximum atomic E-state index is 5.61. The van der Waals surface area contributed by atoms with Crippen LogP contribution in [0, 0.1) is 6.92 Å². The van der Waals surface area contributed by atoms with Crippen molar-refractivity contribution in [1.29, 1.82) is 0 Å². The second kappa shape index (κ2) is 5.34. The van der Waals surface area contributed by atoms with E-state index in [2.05, 4.69) is 4.98 Å². The van der Waals surface area contributed by atoms with E-state index in [4.69, 9.17) is 10.5 Å². The van der Waals surface area contributed by atoms with Gasteiger partial charge in [0.1, 0.15) is 5.75 Å². The number of pyridine rings is 1. The Labute approximate surface area is 101 Å². The van der Waals surface area contributed by atoms with Crippen LogP contribution in [0.3, 0.4) is 0 Å². The first-order valence-electron chi connectivity index (χ1n) is 5.65. The number of ether oxygens (including phenoxy) is 1. The smallest absolute Gasteiger partial charge is 0.119 e. The van der Waals surface area contributed by atoms with Gasteiger partial charge in [0.05, 0.1) is 6.61 Å². The number of hydrogen-bond donors (Lipinski definition) is 1. The van der Waals surface area contributed by atoms with Crippen LogP contribution in [0.25, 0.3) is 0 Å². The van der Waals surface area contributed by atoms with Crippen molar-refractivity contribution in [1.82, 2.24) is 4.98 Å². The molecule has 0 saturated heterocycles. The zero-order valence-corrected chi connectivity index (χ0v) is 9.89. The molecule has 0 aliphatic rings. The molecular formula is C14H16N2O. The fourth-order valence-corrected chi connectivity index (χ4v) is 1.58. The van der Waals surface area contributed by atoms with Gasteiger partial charge in [0.15, 0.2) is 0 Å². The fourth-order valence-electron chi connectivity index (χ4n) is 1.58. The molecule has 2 aromatic rings. The van der Waals surface area contributed by atoms with E-state index in [0.717, 1.165) is 29.2 Å². The summed E-state index contributed by atoms with van der Waals surface area (Å²) in [7, 11) is 0. The minimum Gasteiger partial charge on any atom is -0.493 e. The molecule has 2 rings (SSSR count). The van der Waals surface area contributed by atoms with E-state index in [9.17, 15) is 0 Å². The van der Waals surface area contributed by atoms with E-state index in [1.54, 1.807) is 0 Å². The highest BCUT2D eigenvalue weighted by atomic mass is 16.5. The number of nitrogens with zero attached hydrogens (tertiary/aromatic N) is 1. The van der Waals surface area contributed by atoms with Gasteiger partial charge < -0.3 is 10.5 Å². The van der Waals surface area contributed by atoms with Crippen molar-refractivity contribution in [2.24, 2.45) is 0 Å². The molecule has 0 fully saturated rings. The summed E-state index contributed by atoms with van der Waals surface area (Å²) in [5, 5.41) is 0. The normalized spacial score (nSPS) is 10.2. The first-order chi connectivity index (χ1) is 8.24. The quantitative estimate of drug-likeness (QED) is 0.818. The zero-order valence-electron chi connectivity index (χ0n) is 9.89. The molecule has 0 atom stereocenters. The number of nitrogens with two attached hydrogens (primary N) is 1. The third-order valence-corrected chi connectivity index (χ3v) is 2.45. The molecule has 3 nitrogen and oxygen atoms in total. The summed E-state index contributed by atoms with van der Waals surface area (Å²) in [6, 6.07) is 13.4. The van der Waals surface area contributed by atoms with Crippen molar-refractivity contribution in [3.05, 3.63) is 53.9 Å². The molecule has 17 heavy (non-hydrogen) atoms. The summed E-state index contributed by atoms with van der Waals surface area (Å²) in [4.78, 5) is 4.42. The highest BCUT2D eigenvalue weighted by Crippen LogP contribution is 2.13. The van der Waals surface area contributed by atoms with Crippen molar-refractivity contribution >= 4 is 5.69 Å². The Balaban J connectivity index is 1.85. The van der Waals surface area contributed by atoms with Gasteiger partial charge >= 0.3 is 0 Å². The van der Waals surface area contributed by atoms with Gasteiger partial charge in [-0.1, -0.05) is 6.07 Å². The summed E-state index contributed by atoms with van der Waals surface area (Å²) in [5.74, 6) is 0.840. The Bertz CT molecular complexity index is 480. The molecule has 0 aliphatic heterocycles. The lowest BCUT2D eigenvalue weighted by Gasteiger charge is -2.06. The van der Waals surface area contributed by atoms with Crippen LogP contribution in [0.1, 0.15) is 11.4 Å². The van der Waals surface area contributed by atoms with E-state index in [-0.39, 0.29) is 0 Å². The lowest BCUT2D eigenvalue weighted by molar-refractivity contribution is 0.320. The van der Waals surface area contributed by atoms with Crippen molar-refractivity contribution in [2.45, 2.75) is 13.3 Å². The largest absolute Gasteiger partial charge is 0.493 e. The van der Waals surface area contributed by atoms with Gasteiger partial charge in [0.25, 0.3) is 0 Å². The Hall–Kier alpha value is -2.03. The summed E-state index contributed by atoms with van der Waals surface area (Å²) < 4.78 is 5.61. The Kier molecular flexibility index (Phi) is 3.60. The fraction of sp³-hybridized carbons (Fsp3) is 0.214. The summed E-state index contributed by atoms with van der Waals surface area (Å²) >= 11 is 0. The molecule has 88 valence electrons. The van der Waals surface area contributed by atoms with E-state index in [1.165, 1.54) is 0 Å². The van der Waals surface area contributed by atoms with Crippen molar-refractivity contribution < 1.29 is 4.74 Å². The van der Waals surface area contributed by atoms with E-state index >= 15 is 0 Å². The highest BCUT2D eigenvalue weighted by molar-refractivity contribution is 5.41. The second-order valence-corrected chi connectivity index (χ2v) is 3.94. The van der Waals surface area contributed by atoms with Crippen molar-refractivity contribution in [3.8, 4) is 5.75 Å². The van der Waals surface area contributed by atoms with Gasteiger partial charge in [0, 0.05) is 23.5 Å². The maximum absolute atomic E-state index is 5.61. The van der Waals surface area contributed by atoms with Gasteiger partial charge in [-0.3, -0.25) is 4.98 Å². The summed E-state index contributed by atoms with van der Waals surface area (Å²) in [6.07, 6.45) is 0.812.